The van der Waals surface area contributed by atoms with Gasteiger partial charge in [-0.15, -0.1) is 11.3 Å². The van der Waals surface area contributed by atoms with Gasteiger partial charge >= 0.3 is 0 Å². The van der Waals surface area contributed by atoms with E-state index in [4.69, 9.17) is 5.21 Å². The average molecular weight is 389 g/mol. The lowest BCUT2D eigenvalue weighted by Gasteiger charge is -2.07. The molecule has 21 heavy (non-hydrogen) atoms. The molecule has 2 N–H and O–H groups in total. The molecule has 0 unspecified atom stereocenters. The van der Waals surface area contributed by atoms with Gasteiger partial charge in [0, 0.05) is 5.69 Å². The Morgan fingerprint density at radius 1 is 1.33 bits per heavy atom. The van der Waals surface area contributed by atoms with Crippen molar-refractivity contribution >= 4 is 48.7 Å². The van der Waals surface area contributed by atoms with Gasteiger partial charge in [0.25, 0.3) is 10.0 Å². The van der Waals surface area contributed by atoms with Crippen LogP contribution in [0.5, 0.6) is 0 Å². The predicted molar refractivity (Wildman–Crippen MR) is 88.0 cm³/mol. The zero-order chi connectivity index (χ0) is 15.6. The first-order valence-electron chi connectivity index (χ1n) is 5.91. The second-order valence-electron chi connectivity index (χ2n) is 4.39. The van der Waals surface area contributed by atoms with Gasteiger partial charge in [0.2, 0.25) is 0 Å². The van der Waals surface area contributed by atoms with Crippen LogP contribution >= 0.6 is 27.3 Å². The Morgan fingerprint density at radius 2 is 1.95 bits per heavy atom. The summed E-state index contributed by atoms with van der Waals surface area (Å²) in [5.74, 6) is 0. The second-order valence-corrected chi connectivity index (χ2v) is 8.67. The fraction of sp³-hybridized carbons (Fsp3) is 0.154. The van der Waals surface area contributed by atoms with Gasteiger partial charge in [0.1, 0.15) is 4.21 Å². The summed E-state index contributed by atoms with van der Waals surface area (Å²) < 4.78 is 28.1. The first kappa shape index (κ1) is 16.0. The van der Waals surface area contributed by atoms with Gasteiger partial charge in [-0.1, -0.05) is 17.3 Å². The number of aryl methyl sites for hydroxylation is 1. The van der Waals surface area contributed by atoms with E-state index in [1.54, 1.807) is 37.3 Å². The Balaban J connectivity index is 2.25. The molecule has 0 aliphatic heterocycles. The molecular weight excluding hydrogens is 376 g/mol. The molecule has 0 radical (unpaired) electrons. The van der Waals surface area contributed by atoms with Crippen LogP contribution in [0.4, 0.5) is 5.69 Å². The number of sulfonamides is 1. The van der Waals surface area contributed by atoms with E-state index in [2.05, 4.69) is 25.8 Å². The molecule has 0 saturated heterocycles. The van der Waals surface area contributed by atoms with Gasteiger partial charge in [-0.2, -0.15) is 0 Å². The minimum atomic E-state index is -3.59. The van der Waals surface area contributed by atoms with Crippen molar-refractivity contribution in [2.45, 2.75) is 18.1 Å². The molecule has 0 amide bonds. The van der Waals surface area contributed by atoms with Gasteiger partial charge in [-0.25, -0.2) is 8.42 Å². The van der Waals surface area contributed by atoms with Crippen LogP contribution in [0.3, 0.4) is 0 Å². The highest BCUT2D eigenvalue weighted by molar-refractivity contribution is 9.11. The number of benzene rings is 1. The summed E-state index contributed by atoms with van der Waals surface area (Å²) in [7, 11) is -3.59. The summed E-state index contributed by atoms with van der Waals surface area (Å²) in [5.41, 5.74) is 2.51. The van der Waals surface area contributed by atoms with Gasteiger partial charge < -0.3 is 5.21 Å². The van der Waals surface area contributed by atoms with Crippen LogP contribution in [0.2, 0.25) is 0 Å². The van der Waals surface area contributed by atoms with E-state index in [0.29, 0.717) is 11.4 Å². The SMILES string of the molecule is C/C(=N/O)c1ccc(NS(=O)(=O)c2cc(C)c(Br)s2)cc1. The molecule has 2 rings (SSSR count). The lowest BCUT2D eigenvalue weighted by atomic mass is 10.1. The molecule has 1 aromatic carbocycles. The highest BCUT2D eigenvalue weighted by atomic mass is 79.9. The molecule has 0 aliphatic carbocycles. The quantitative estimate of drug-likeness (QED) is 0.474. The first-order chi connectivity index (χ1) is 9.83. The van der Waals surface area contributed by atoms with Crippen molar-refractivity contribution in [3.8, 4) is 0 Å². The summed E-state index contributed by atoms with van der Waals surface area (Å²) >= 11 is 4.48. The van der Waals surface area contributed by atoms with Crippen LogP contribution < -0.4 is 4.72 Å². The Morgan fingerprint density at radius 3 is 2.43 bits per heavy atom. The minimum absolute atomic E-state index is 0.254. The summed E-state index contributed by atoms with van der Waals surface area (Å²) in [6.45, 7) is 3.50. The van der Waals surface area contributed by atoms with E-state index in [0.717, 1.165) is 14.9 Å². The maximum atomic E-state index is 12.3. The van der Waals surface area contributed by atoms with Gasteiger partial charge in [-0.05, 0) is 59.1 Å². The van der Waals surface area contributed by atoms with Crippen LogP contribution in [0.1, 0.15) is 18.1 Å². The number of anilines is 1. The van der Waals surface area contributed by atoms with E-state index >= 15 is 0 Å². The number of oxime groups is 1. The van der Waals surface area contributed by atoms with Crippen molar-refractivity contribution < 1.29 is 13.6 Å². The highest BCUT2D eigenvalue weighted by Gasteiger charge is 2.18. The van der Waals surface area contributed by atoms with E-state index < -0.39 is 10.0 Å². The van der Waals surface area contributed by atoms with E-state index in [1.165, 1.54) is 11.3 Å². The van der Waals surface area contributed by atoms with Crippen LogP contribution in [-0.4, -0.2) is 19.3 Å². The standard InChI is InChI=1S/C13H13BrN2O3S2/c1-8-7-12(20-13(8)14)21(18,19)16-11-5-3-10(4-6-11)9(2)15-17/h3-7,16-17H,1-2H3/b15-9-. The van der Waals surface area contributed by atoms with Crippen molar-refractivity contribution in [1.82, 2.24) is 0 Å². The fourth-order valence-electron chi connectivity index (χ4n) is 1.61. The second kappa shape index (κ2) is 6.17. The molecule has 0 spiro atoms. The van der Waals surface area contributed by atoms with Crippen molar-refractivity contribution in [2.75, 3.05) is 4.72 Å². The topological polar surface area (TPSA) is 78.8 Å². The van der Waals surface area contributed by atoms with Crippen LogP contribution in [0, 0.1) is 6.92 Å². The number of halogens is 1. The molecule has 5 nitrogen and oxygen atoms in total. The van der Waals surface area contributed by atoms with Gasteiger partial charge in [-0.3, -0.25) is 4.72 Å². The van der Waals surface area contributed by atoms with Crippen LogP contribution in [0.15, 0.2) is 43.5 Å². The molecule has 0 atom stereocenters. The van der Waals surface area contributed by atoms with Crippen LogP contribution in [-0.2, 0) is 10.0 Å². The van der Waals surface area contributed by atoms with Crippen molar-refractivity contribution in [1.29, 1.82) is 0 Å². The van der Waals surface area contributed by atoms with E-state index in [1.807, 2.05) is 6.92 Å². The Kier molecular flexibility index (Phi) is 4.70. The Labute approximate surface area is 135 Å². The summed E-state index contributed by atoms with van der Waals surface area (Å²) in [4.78, 5) is 0. The lowest BCUT2D eigenvalue weighted by molar-refractivity contribution is 0.319. The average Bonchev–Trinajstić information content (AvgIpc) is 2.79. The summed E-state index contributed by atoms with van der Waals surface area (Å²) in [6, 6.07) is 8.23. The molecule has 1 heterocycles. The largest absolute Gasteiger partial charge is 0.411 e. The van der Waals surface area contributed by atoms with Gasteiger partial charge in [0.05, 0.1) is 9.50 Å². The van der Waals surface area contributed by atoms with Gasteiger partial charge in [0.15, 0.2) is 0 Å². The Bertz CT molecular complexity index is 761. The molecule has 0 aliphatic rings. The number of thiophene rings is 1. The zero-order valence-corrected chi connectivity index (χ0v) is 14.5. The fourth-order valence-corrected chi connectivity index (χ4v) is 4.89. The predicted octanol–water partition coefficient (Wildman–Crippen LogP) is 3.82. The van der Waals surface area contributed by atoms with Crippen molar-refractivity contribution in [3.05, 3.63) is 45.2 Å². The number of rotatable bonds is 4. The van der Waals surface area contributed by atoms with E-state index in [-0.39, 0.29) is 4.21 Å². The summed E-state index contributed by atoms with van der Waals surface area (Å²) in [6.07, 6.45) is 0. The minimum Gasteiger partial charge on any atom is -0.411 e. The molecule has 112 valence electrons. The first-order valence-corrected chi connectivity index (χ1v) is 9.00. The highest BCUT2D eigenvalue weighted by Crippen LogP contribution is 2.31. The maximum absolute atomic E-state index is 12.3. The molecule has 2 aromatic rings. The maximum Gasteiger partial charge on any atom is 0.271 e. The Hall–Kier alpha value is -1.38. The normalized spacial score (nSPS) is 12.4. The molecule has 1 aromatic heterocycles. The smallest absolute Gasteiger partial charge is 0.271 e. The van der Waals surface area contributed by atoms with Crippen molar-refractivity contribution in [2.24, 2.45) is 5.16 Å². The van der Waals surface area contributed by atoms with Crippen molar-refractivity contribution in [3.63, 3.8) is 0 Å². The summed E-state index contributed by atoms with van der Waals surface area (Å²) in [5, 5.41) is 11.8. The number of hydrogen-bond acceptors (Lipinski definition) is 5. The third-order valence-corrected chi connectivity index (χ3v) is 6.80. The molecular formula is C13H13BrN2O3S2. The third kappa shape index (κ3) is 3.63. The number of hydrogen-bond donors (Lipinski definition) is 2. The number of nitrogens with zero attached hydrogens (tertiary/aromatic N) is 1. The lowest BCUT2D eigenvalue weighted by Crippen LogP contribution is -2.11. The van der Waals surface area contributed by atoms with E-state index in [9.17, 15) is 8.42 Å². The zero-order valence-electron chi connectivity index (χ0n) is 11.3. The number of nitrogens with one attached hydrogen (secondary N) is 1. The monoisotopic (exact) mass is 388 g/mol. The van der Waals surface area contributed by atoms with Crippen LogP contribution in [0.25, 0.3) is 0 Å². The molecule has 0 saturated carbocycles. The molecule has 0 bridgehead atoms. The third-order valence-electron chi connectivity index (χ3n) is 2.80. The molecule has 8 heteroatoms. The molecule has 0 fully saturated rings.